The molecule has 23 heavy (non-hydrogen) atoms. The molecule has 0 atom stereocenters. The molecule has 0 saturated carbocycles. The van der Waals surface area contributed by atoms with E-state index in [1.807, 2.05) is 42.8 Å². The third-order valence-corrected chi connectivity index (χ3v) is 3.73. The van der Waals surface area contributed by atoms with Gasteiger partial charge in [0.15, 0.2) is 11.4 Å². The first-order valence-electron chi connectivity index (χ1n) is 6.86. The van der Waals surface area contributed by atoms with Gasteiger partial charge in [0.05, 0.1) is 5.69 Å². The highest BCUT2D eigenvalue weighted by Gasteiger charge is 2.12. The van der Waals surface area contributed by atoms with Crippen LogP contribution < -0.4 is 10.2 Å². The lowest BCUT2D eigenvalue weighted by atomic mass is 10.2. The smallest absolute Gasteiger partial charge is 0.258 e. The highest BCUT2D eigenvalue weighted by atomic mass is 32.2. The summed E-state index contributed by atoms with van der Waals surface area (Å²) < 4.78 is 0. The van der Waals surface area contributed by atoms with Crippen LogP contribution in [0.4, 0.5) is 11.4 Å². The van der Waals surface area contributed by atoms with E-state index in [9.17, 15) is 4.79 Å². The molecule has 2 rings (SSSR count). The number of benzene rings is 2. The zero-order valence-electron chi connectivity index (χ0n) is 12.9. The van der Waals surface area contributed by atoms with Gasteiger partial charge in [0, 0.05) is 18.3 Å². The molecule has 6 heteroatoms. The van der Waals surface area contributed by atoms with Crippen LogP contribution in [0.15, 0.2) is 59.6 Å². The van der Waals surface area contributed by atoms with E-state index < -0.39 is 0 Å². The van der Waals surface area contributed by atoms with Gasteiger partial charge in [0.25, 0.3) is 5.91 Å². The maximum atomic E-state index is 12.4. The Bertz CT molecular complexity index is 735. The molecular formula is C17H16N4OS. The first-order chi connectivity index (χ1) is 11.2. The van der Waals surface area contributed by atoms with Gasteiger partial charge in [-0.25, -0.2) is 4.99 Å². The summed E-state index contributed by atoms with van der Waals surface area (Å²) in [7, 11) is 1.73. The average Bonchev–Trinajstić information content (AvgIpc) is 2.61. The molecule has 0 fully saturated rings. The zero-order chi connectivity index (χ0) is 16.7. The molecule has 0 aliphatic carbocycles. The van der Waals surface area contributed by atoms with E-state index in [2.05, 4.69) is 10.3 Å². The first-order valence-corrected chi connectivity index (χ1v) is 8.09. The maximum Gasteiger partial charge on any atom is 0.258 e. The van der Waals surface area contributed by atoms with E-state index in [-0.39, 0.29) is 5.91 Å². The largest absolute Gasteiger partial charge is 0.311 e. The number of anilines is 1. The second-order valence-electron chi connectivity index (χ2n) is 4.60. The van der Waals surface area contributed by atoms with Gasteiger partial charge in [0.1, 0.15) is 0 Å². The molecule has 0 aliphatic heterocycles. The molecule has 2 aromatic carbocycles. The van der Waals surface area contributed by atoms with E-state index in [0.29, 0.717) is 16.4 Å². The minimum Gasteiger partial charge on any atom is -0.311 e. The topological polar surface area (TPSA) is 68.5 Å². The van der Waals surface area contributed by atoms with Crippen molar-refractivity contribution in [2.45, 2.75) is 0 Å². The van der Waals surface area contributed by atoms with Gasteiger partial charge in [-0.3, -0.25) is 10.1 Å². The van der Waals surface area contributed by atoms with Crippen LogP contribution in [0.3, 0.4) is 0 Å². The van der Waals surface area contributed by atoms with Crippen LogP contribution in [0.5, 0.6) is 0 Å². The van der Waals surface area contributed by atoms with E-state index >= 15 is 0 Å². The maximum absolute atomic E-state index is 12.4. The molecule has 0 aromatic heterocycles. The fourth-order valence-electron chi connectivity index (χ4n) is 1.93. The van der Waals surface area contributed by atoms with E-state index in [0.717, 1.165) is 5.69 Å². The Labute approximate surface area is 139 Å². The predicted molar refractivity (Wildman–Crippen MR) is 95.0 cm³/mol. The van der Waals surface area contributed by atoms with Crippen LogP contribution in [-0.4, -0.2) is 24.4 Å². The highest BCUT2D eigenvalue weighted by molar-refractivity contribution is 8.13. The summed E-state index contributed by atoms with van der Waals surface area (Å²) in [6, 6.07) is 16.4. The highest BCUT2D eigenvalue weighted by Crippen LogP contribution is 2.21. The van der Waals surface area contributed by atoms with Gasteiger partial charge in [-0.05, 0) is 42.7 Å². The third-order valence-electron chi connectivity index (χ3n) is 3.15. The SMILES string of the molecule is CSC(=Nc1ccc(N(C)C(=O)c2ccccc2)cc1)NC#N. The Morgan fingerprint density at radius 3 is 2.39 bits per heavy atom. The van der Waals surface area contributed by atoms with Crippen molar-refractivity contribution in [2.75, 3.05) is 18.2 Å². The zero-order valence-corrected chi connectivity index (χ0v) is 13.7. The van der Waals surface area contributed by atoms with Crippen molar-refractivity contribution in [1.29, 1.82) is 5.26 Å². The number of nitrogens with one attached hydrogen (secondary N) is 1. The van der Waals surface area contributed by atoms with Crippen LogP contribution in [0.25, 0.3) is 0 Å². The van der Waals surface area contributed by atoms with E-state index in [1.54, 1.807) is 36.2 Å². The Hall–Kier alpha value is -2.78. The van der Waals surface area contributed by atoms with Crippen molar-refractivity contribution in [3.05, 3.63) is 60.2 Å². The molecular weight excluding hydrogens is 308 g/mol. The molecule has 5 nitrogen and oxygen atoms in total. The van der Waals surface area contributed by atoms with Crippen molar-refractivity contribution >= 4 is 34.2 Å². The number of carbonyl (C=O) groups is 1. The summed E-state index contributed by atoms with van der Waals surface area (Å²) in [4.78, 5) is 18.3. The third kappa shape index (κ3) is 4.34. The molecule has 116 valence electrons. The summed E-state index contributed by atoms with van der Waals surface area (Å²) in [5.41, 5.74) is 2.12. The Morgan fingerprint density at radius 1 is 1.17 bits per heavy atom. The van der Waals surface area contributed by atoms with Crippen LogP contribution in [0, 0.1) is 11.5 Å². The van der Waals surface area contributed by atoms with Crippen LogP contribution in [-0.2, 0) is 0 Å². The van der Waals surface area contributed by atoms with Crippen LogP contribution >= 0.6 is 11.8 Å². The first kappa shape index (κ1) is 16.6. The number of hydrogen-bond donors (Lipinski definition) is 1. The average molecular weight is 324 g/mol. The molecule has 0 saturated heterocycles. The Balaban J connectivity index is 2.16. The fourth-order valence-corrected chi connectivity index (χ4v) is 2.28. The van der Waals surface area contributed by atoms with E-state index in [4.69, 9.17) is 5.26 Å². The number of amides is 1. The van der Waals surface area contributed by atoms with Crippen LogP contribution in [0.1, 0.15) is 10.4 Å². The normalized spacial score (nSPS) is 10.7. The van der Waals surface area contributed by atoms with Crippen molar-refractivity contribution in [3.63, 3.8) is 0 Å². The van der Waals surface area contributed by atoms with Gasteiger partial charge in [0.2, 0.25) is 0 Å². The molecule has 1 amide bonds. The van der Waals surface area contributed by atoms with Crippen LogP contribution in [0.2, 0.25) is 0 Å². The Kier molecular flexibility index (Phi) is 5.78. The standard InChI is InChI=1S/C17H16N4OS/c1-21(16(22)13-6-4-3-5-7-13)15-10-8-14(9-11-15)20-17(23-2)19-12-18/h3-11H,1-2H3,(H,19,20). The number of nitriles is 1. The molecule has 0 spiro atoms. The number of hydrogen-bond acceptors (Lipinski definition) is 4. The van der Waals surface area contributed by atoms with Gasteiger partial charge in [-0.15, -0.1) is 0 Å². The monoisotopic (exact) mass is 324 g/mol. The quantitative estimate of drug-likeness (QED) is 0.407. The van der Waals surface area contributed by atoms with Crippen molar-refractivity contribution < 1.29 is 4.79 Å². The molecule has 0 radical (unpaired) electrons. The molecule has 0 unspecified atom stereocenters. The number of nitrogens with zero attached hydrogens (tertiary/aromatic N) is 3. The number of rotatable bonds is 3. The van der Waals surface area contributed by atoms with E-state index in [1.165, 1.54) is 11.8 Å². The lowest BCUT2D eigenvalue weighted by Crippen LogP contribution is -2.25. The summed E-state index contributed by atoms with van der Waals surface area (Å²) in [6.45, 7) is 0. The molecule has 0 bridgehead atoms. The van der Waals surface area contributed by atoms with Gasteiger partial charge in [-0.2, -0.15) is 5.26 Å². The number of carbonyl (C=O) groups excluding carboxylic acids is 1. The summed E-state index contributed by atoms with van der Waals surface area (Å²) in [5.74, 6) is -0.0715. The van der Waals surface area contributed by atoms with Gasteiger partial charge < -0.3 is 4.90 Å². The van der Waals surface area contributed by atoms with Gasteiger partial charge in [-0.1, -0.05) is 30.0 Å². The number of aliphatic imine (C=N–C) groups is 1. The number of thioether (sulfide) groups is 1. The minimum atomic E-state index is -0.0715. The van der Waals surface area contributed by atoms with Crippen molar-refractivity contribution in [3.8, 4) is 6.19 Å². The number of amidine groups is 1. The lowest BCUT2D eigenvalue weighted by Gasteiger charge is -2.17. The predicted octanol–water partition coefficient (Wildman–Crippen LogP) is 3.38. The summed E-state index contributed by atoms with van der Waals surface area (Å²) in [5, 5.41) is 11.7. The van der Waals surface area contributed by atoms with Gasteiger partial charge >= 0.3 is 0 Å². The fraction of sp³-hybridized carbons (Fsp3) is 0.118. The molecule has 0 heterocycles. The van der Waals surface area contributed by atoms with Crippen molar-refractivity contribution in [2.24, 2.45) is 4.99 Å². The second-order valence-corrected chi connectivity index (χ2v) is 5.40. The summed E-state index contributed by atoms with van der Waals surface area (Å²) >= 11 is 1.35. The lowest BCUT2D eigenvalue weighted by molar-refractivity contribution is 0.0993. The van der Waals surface area contributed by atoms with Crippen molar-refractivity contribution in [1.82, 2.24) is 5.32 Å². The molecule has 2 aromatic rings. The summed E-state index contributed by atoms with van der Waals surface area (Å²) in [6.07, 6.45) is 3.68. The molecule has 1 N–H and O–H groups in total. The molecule has 0 aliphatic rings. The Morgan fingerprint density at radius 2 is 1.83 bits per heavy atom. The second kappa shape index (κ2) is 8.01. The minimum absolute atomic E-state index is 0.0715.